The second-order valence-corrected chi connectivity index (χ2v) is 5.22. The van der Waals surface area contributed by atoms with E-state index in [2.05, 4.69) is 31.5 Å². The van der Waals surface area contributed by atoms with E-state index < -0.39 is 11.0 Å². The van der Waals surface area contributed by atoms with Crippen LogP contribution in [0.25, 0.3) is 0 Å². The summed E-state index contributed by atoms with van der Waals surface area (Å²) in [5, 5.41) is 16.4. The molecular formula is C11H15BrN4O3. The first-order valence-electron chi connectivity index (χ1n) is 5.68. The van der Waals surface area contributed by atoms with Crippen LogP contribution in [0.3, 0.4) is 0 Å². The zero-order chi connectivity index (χ0) is 14.6. The lowest BCUT2D eigenvalue weighted by Gasteiger charge is -2.16. The molecule has 0 aliphatic carbocycles. The lowest BCUT2D eigenvalue weighted by molar-refractivity contribution is -0.384. The highest BCUT2D eigenvalue weighted by atomic mass is 79.9. The first kappa shape index (κ1) is 15.4. The van der Waals surface area contributed by atoms with Gasteiger partial charge in [0.2, 0.25) is 11.7 Å². The fourth-order valence-corrected chi connectivity index (χ4v) is 1.68. The summed E-state index contributed by atoms with van der Waals surface area (Å²) in [5.41, 5.74) is -0.182. The number of carbonyl (C=O) groups excluding carboxylic acids is 1. The van der Waals surface area contributed by atoms with Gasteiger partial charge in [-0.05, 0) is 36.7 Å². The molecule has 0 saturated carbocycles. The molecule has 104 valence electrons. The van der Waals surface area contributed by atoms with Crippen molar-refractivity contribution in [2.75, 3.05) is 5.32 Å². The van der Waals surface area contributed by atoms with Gasteiger partial charge in [-0.15, -0.1) is 0 Å². The van der Waals surface area contributed by atoms with E-state index in [9.17, 15) is 14.9 Å². The van der Waals surface area contributed by atoms with Gasteiger partial charge < -0.3 is 10.6 Å². The first-order chi connectivity index (χ1) is 8.81. The van der Waals surface area contributed by atoms with Crippen LogP contribution >= 0.6 is 15.9 Å². The Morgan fingerprint density at radius 1 is 1.47 bits per heavy atom. The predicted octanol–water partition coefficient (Wildman–Crippen LogP) is 2.08. The van der Waals surface area contributed by atoms with Crippen molar-refractivity contribution in [1.29, 1.82) is 0 Å². The van der Waals surface area contributed by atoms with Gasteiger partial charge in [0.1, 0.15) is 6.04 Å². The minimum atomic E-state index is -0.616. The molecule has 1 aromatic rings. The normalized spacial score (nSPS) is 12.1. The van der Waals surface area contributed by atoms with E-state index in [0.29, 0.717) is 4.47 Å². The smallest absolute Gasteiger partial charge is 0.312 e. The van der Waals surface area contributed by atoms with E-state index in [1.54, 1.807) is 6.92 Å². The molecule has 0 saturated heterocycles. The van der Waals surface area contributed by atoms with Crippen molar-refractivity contribution in [2.45, 2.75) is 32.9 Å². The molecule has 1 atom stereocenters. The zero-order valence-electron chi connectivity index (χ0n) is 10.8. The molecule has 0 aliphatic heterocycles. The number of pyridine rings is 1. The Morgan fingerprint density at radius 2 is 2.11 bits per heavy atom. The lowest BCUT2D eigenvalue weighted by atomic mass is 10.2. The van der Waals surface area contributed by atoms with E-state index in [1.807, 2.05) is 13.8 Å². The van der Waals surface area contributed by atoms with Crippen LogP contribution in [0.15, 0.2) is 16.7 Å². The molecule has 0 fully saturated rings. The number of nitro groups is 1. The van der Waals surface area contributed by atoms with Crippen LogP contribution < -0.4 is 10.6 Å². The molecule has 0 aromatic carbocycles. The highest BCUT2D eigenvalue weighted by Crippen LogP contribution is 2.25. The summed E-state index contributed by atoms with van der Waals surface area (Å²) < 4.78 is 0.504. The van der Waals surface area contributed by atoms with Gasteiger partial charge in [0, 0.05) is 22.8 Å². The van der Waals surface area contributed by atoms with Gasteiger partial charge in [0.15, 0.2) is 0 Å². The second kappa shape index (κ2) is 6.46. The minimum absolute atomic E-state index is 0.00427. The van der Waals surface area contributed by atoms with Crippen LogP contribution in [0.2, 0.25) is 0 Å². The lowest BCUT2D eigenvalue weighted by Crippen LogP contribution is -2.41. The van der Waals surface area contributed by atoms with E-state index in [-0.39, 0.29) is 23.5 Å². The van der Waals surface area contributed by atoms with Gasteiger partial charge in [0.25, 0.3) is 0 Å². The number of halogens is 1. The maximum atomic E-state index is 11.7. The highest BCUT2D eigenvalue weighted by molar-refractivity contribution is 9.10. The van der Waals surface area contributed by atoms with Crippen LogP contribution in [0, 0.1) is 10.1 Å². The largest absolute Gasteiger partial charge is 0.353 e. The van der Waals surface area contributed by atoms with Crippen molar-refractivity contribution < 1.29 is 9.72 Å². The van der Waals surface area contributed by atoms with E-state index in [1.165, 1.54) is 12.3 Å². The molecule has 1 rings (SSSR count). The molecule has 0 bridgehead atoms. The molecule has 0 aliphatic rings. The summed E-state index contributed by atoms with van der Waals surface area (Å²) in [7, 11) is 0. The van der Waals surface area contributed by atoms with Gasteiger partial charge in [0.05, 0.1) is 4.92 Å². The molecule has 2 N–H and O–H groups in total. The monoisotopic (exact) mass is 330 g/mol. The number of carbonyl (C=O) groups is 1. The van der Waals surface area contributed by atoms with Gasteiger partial charge in [-0.3, -0.25) is 14.9 Å². The number of anilines is 1. The molecule has 0 radical (unpaired) electrons. The summed E-state index contributed by atoms with van der Waals surface area (Å²) in [6.07, 6.45) is 1.43. The Balaban J connectivity index is 2.87. The molecule has 19 heavy (non-hydrogen) atoms. The van der Waals surface area contributed by atoms with Crippen molar-refractivity contribution in [1.82, 2.24) is 10.3 Å². The van der Waals surface area contributed by atoms with Crippen LogP contribution in [-0.2, 0) is 4.79 Å². The van der Waals surface area contributed by atoms with Crippen LogP contribution in [0.1, 0.15) is 20.8 Å². The molecule has 8 heteroatoms. The third-order valence-electron chi connectivity index (χ3n) is 2.21. The van der Waals surface area contributed by atoms with Gasteiger partial charge in [-0.25, -0.2) is 4.98 Å². The predicted molar refractivity (Wildman–Crippen MR) is 75.0 cm³/mol. The summed E-state index contributed by atoms with van der Waals surface area (Å²) in [5.74, 6) is -0.173. The van der Waals surface area contributed by atoms with Crippen molar-refractivity contribution in [3.8, 4) is 0 Å². The molecule has 7 nitrogen and oxygen atoms in total. The molecule has 1 aromatic heterocycles. The van der Waals surface area contributed by atoms with E-state index in [0.717, 1.165) is 0 Å². The third kappa shape index (κ3) is 4.47. The Kier molecular flexibility index (Phi) is 5.22. The number of nitrogens with one attached hydrogen (secondary N) is 2. The minimum Gasteiger partial charge on any atom is -0.353 e. The summed E-state index contributed by atoms with van der Waals surface area (Å²) in [6.45, 7) is 5.29. The Morgan fingerprint density at radius 3 is 2.63 bits per heavy atom. The Hall–Kier alpha value is -1.70. The summed E-state index contributed by atoms with van der Waals surface area (Å²) in [6, 6.07) is 0.724. The number of nitrogens with zero attached hydrogens (tertiary/aromatic N) is 2. The topological polar surface area (TPSA) is 97.2 Å². The van der Waals surface area contributed by atoms with Gasteiger partial charge in [-0.2, -0.15) is 0 Å². The van der Waals surface area contributed by atoms with Crippen molar-refractivity contribution >= 4 is 33.3 Å². The maximum absolute atomic E-state index is 11.7. The second-order valence-electron chi connectivity index (χ2n) is 4.31. The average Bonchev–Trinajstić information content (AvgIpc) is 2.30. The number of rotatable bonds is 5. The number of amides is 1. The Bertz CT molecular complexity index is 493. The molecule has 1 heterocycles. The van der Waals surface area contributed by atoms with Gasteiger partial charge >= 0.3 is 5.69 Å². The first-order valence-corrected chi connectivity index (χ1v) is 6.47. The average molecular weight is 331 g/mol. The van der Waals surface area contributed by atoms with E-state index >= 15 is 0 Å². The molecule has 1 amide bonds. The van der Waals surface area contributed by atoms with E-state index in [4.69, 9.17) is 0 Å². The third-order valence-corrected chi connectivity index (χ3v) is 2.64. The van der Waals surface area contributed by atoms with Crippen LogP contribution in [-0.4, -0.2) is 27.9 Å². The van der Waals surface area contributed by atoms with Gasteiger partial charge in [-0.1, -0.05) is 0 Å². The molecule has 1 unspecified atom stereocenters. The number of hydrogen-bond donors (Lipinski definition) is 2. The molecule has 0 spiro atoms. The number of hydrogen-bond acceptors (Lipinski definition) is 5. The maximum Gasteiger partial charge on any atom is 0.312 e. The standard InChI is InChI=1S/C11H15BrN4O3/c1-6(2)14-11(17)7(3)15-10-9(16(18)19)4-8(12)5-13-10/h4-7H,1-3H3,(H,13,15)(H,14,17). The van der Waals surface area contributed by atoms with Crippen molar-refractivity contribution in [3.05, 3.63) is 26.9 Å². The Labute approximate surface area is 119 Å². The zero-order valence-corrected chi connectivity index (χ0v) is 12.4. The highest BCUT2D eigenvalue weighted by Gasteiger charge is 2.20. The van der Waals surface area contributed by atoms with Crippen LogP contribution in [0.4, 0.5) is 11.5 Å². The van der Waals surface area contributed by atoms with Crippen LogP contribution in [0.5, 0.6) is 0 Å². The number of aromatic nitrogens is 1. The van der Waals surface area contributed by atoms with Crippen molar-refractivity contribution in [2.24, 2.45) is 0 Å². The van der Waals surface area contributed by atoms with Crippen molar-refractivity contribution in [3.63, 3.8) is 0 Å². The quantitative estimate of drug-likeness (QED) is 0.636. The fraction of sp³-hybridized carbons (Fsp3) is 0.455. The fourth-order valence-electron chi connectivity index (χ4n) is 1.36. The molecular weight excluding hydrogens is 316 g/mol. The SMILES string of the molecule is CC(C)NC(=O)C(C)Nc1ncc(Br)cc1[N+](=O)[O-]. The summed E-state index contributed by atoms with van der Waals surface area (Å²) in [4.78, 5) is 26.0. The summed E-state index contributed by atoms with van der Waals surface area (Å²) >= 11 is 3.12.